The maximum absolute atomic E-state index is 5.19. The second-order valence-corrected chi connectivity index (χ2v) is 7.39. The molecule has 0 aromatic carbocycles. The van der Waals surface area contributed by atoms with E-state index in [-0.39, 0.29) is 0 Å². The molecular formula is C17H27N3O. The Balaban J connectivity index is 1.66. The van der Waals surface area contributed by atoms with E-state index in [2.05, 4.69) is 48.5 Å². The predicted octanol–water partition coefficient (Wildman–Crippen LogP) is 2.46. The molecule has 2 unspecified atom stereocenters. The molecule has 3 heterocycles. The number of nitrogens with zero attached hydrogens (tertiary/aromatic N) is 3. The molecule has 2 aliphatic rings. The number of piperidine rings is 1. The zero-order chi connectivity index (χ0) is 15.2. The van der Waals surface area contributed by atoms with Gasteiger partial charge in [0.05, 0.1) is 7.11 Å². The van der Waals surface area contributed by atoms with Crippen molar-refractivity contribution in [3.05, 3.63) is 23.4 Å². The molecule has 4 heteroatoms. The Hall–Kier alpha value is -1.13. The van der Waals surface area contributed by atoms with Crippen LogP contribution in [0.1, 0.15) is 38.4 Å². The number of aromatic nitrogens is 1. The summed E-state index contributed by atoms with van der Waals surface area (Å²) in [6.45, 7) is 12.5. The Morgan fingerprint density at radius 2 is 1.90 bits per heavy atom. The molecule has 0 aliphatic carbocycles. The highest BCUT2D eigenvalue weighted by molar-refractivity contribution is 5.25. The van der Waals surface area contributed by atoms with Gasteiger partial charge in [-0.3, -0.25) is 9.80 Å². The van der Waals surface area contributed by atoms with E-state index < -0.39 is 0 Å². The summed E-state index contributed by atoms with van der Waals surface area (Å²) in [6.07, 6.45) is 1.36. The van der Waals surface area contributed by atoms with Crippen LogP contribution in [-0.2, 0) is 6.54 Å². The molecule has 0 spiro atoms. The topological polar surface area (TPSA) is 28.6 Å². The van der Waals surface area contributed by atoms with Crippen LogP contribution in [0.2, 0.25) is 0 Å². The number of rotatable bonds is 3. The van der Waals surface area contributed by atoms with Gasteiger partial charge in [-0.2, -0.15) is 0 Å². The Bertz CT molecular complexity index is 511. The van der Waals surface area contributed by atoms with E-state index in [9.17, 15) is 0 Å². The maximum Gasteiger partial charge on any atom is 0.213 e. The molecule has 2 aliphatic heterocycles. The van der Waals surface area contributed by atoms with E-state index >= 15 is 0 Å². The van der Waals surface area contributed by atoms with Gasteiger partial charge < -0.3 is 4.74 Å². The lowest BCUT2D eigenvalue weighted by molar-refractivity contribution is -0.0998. The average molecular weight is 289 g/mol. The fraction of sp³-hybridized carbons (Fsp3) is 0.706. The lowest BCUT2D eigenvalue weighted by Crippen LogP contribution is -2.70. The largest absolute Gasteiger partial charge is 0.481 e. The van der Waals surface area contributed by atoms with Gasteiger partial charge in [0.1, 0.15) is 0 Å². The SMILES string of the molecule is COc1ccc(CN2C3CC2CN(C(C)(C)C)C3)c(C)n1. The molecule has 2 fully saturated rings. The van der Waals surface area contributed by atoms with Crippen LogP contribution >= 0.6 is 0 Å². The summed E-state index contributed by atoms with van der Waals surface area (Å²) in [6, 6.07) is 5.56. The van der Waals surface area contributed by atoms with Crippen molar-refractivity contribution >= 4 is 0 Å². The molecule has 2 bridgehead atoms. The Labute approximate surface area is 128 Å². The number of fused-ring (bicyclic) bond motifs is 2. The van der Waals surface area contributed by atoms with Crippen molar-refractivity contribution in [3.63, 3.8) is 0 Å². The van der Waals surface area contributed by atoms with Gasteiger partial charge >= 0.3 is 0 Å². The molecule has 1 aromatic heterocycles. The third-order valence-electron chi connectivity index (χ3n) is 5.02. The maximum atomic E-state index is 5.19. The van der Waals surface area contributed by atoms with Crippen molar-refractivity contribution in [2.75, 3.05) is 20.2 Å². The Kier molecular flexibility index (Phi) is 3.70. The first-order valence-corrected chi connectivity index (χ1v) is 7.90. The summed E-state index contributed by atoms with van der Waals surface area (Å²) >= 11 is 0. The van der Waals surface area contributed by atoms with Gasteiger partial charge in [-0.1, -0.05) is 6.07 Å². The molecule has 21 heavy (non-hydrogen) atoms. The second kappa shape index (κ2) is 5.25. The number of pyridine rings is 1. The first kappa shape index (κ1) is 14.8. The average Bonchev–Trinajstić information content (AvgIpc) is 2.44. The lowest BCUT2D eigenvalue weighted by Gasteiger charge is -2.59. The molecule has 2 saturated heterocycles. The highest BCUT2D eigenvalue weighted by Gasteiger charge is 2.46. The minimum atomic E-state index is 0.292. The number of hydrogen-bond acceptors (Lipinski definition) is 4. The Morgan fingerprint density at radius 3 is 2.43 bits per heavy atom. The first-order chi connectivity index (χ1) is 9.88. The number of ether oxygens (including phenoxy) is 1. The van der Waals surface area contributed by atoms with Gasteiger partial charge in [0.2, 0.25) is 5.88 Å². The van der Waals surface area contributed by atoms with Gasteiger partial charge in [0, 0.05) is 49.0 Å². The number of aryl methyl sites for hydroxylation is 1. The lowest BCUT2D eigenvalue weighted by atomic mass is 9.84. The van der Waals surface area contributed by atoms with Crippen LogP contribution in [0.3, 0.4) is 0 Å². The van der Waals surface area contributed by atoms with Crippen molar-refractivity contribution < 1.29 is 4.74 Å². The second-order valence-electron chi connectivity index (χ2n) is 7.39. The molecular weight excluding hydrogens is 262 g/mol. The quantitative estimate of drug-likeness (QED) is 0.854. The van der Waals surface area contributed by atoms with Crippen molar-refractivity contribution in [1.82, 2.24) is 14.8 Å². The number of piperazine rings is 1. The summed E-state index contributed by atoms with van der Waals surface area (Å²) in [5, 5.41) is 0. The summed E-state index contributed by atoms with van der Waals surface area (Å²) in [5.41, 5.74) is 2.71. The summed E-state index contributed by atoms with van der Waals surface area (Å²) in [5.74, 6) is 0.707. The van der Waals surface area contributed by atoms with E-state index in [1.165, 1.54) is 25.1 Å². The van der Waals surface area contributed by atoms with Crippen molar-refractivity contribution in [1.29, 1.82) is 0 Å². The molecule has 0 amide bonds. The number of likely N-dealkylation sites (tertiary alicyclic amines) is 2. The van der Waals surface area contributed by atoms with Crippen LogP contribution < -0.4 is 4.74 Å². The monoisotopic (exact) mass is 289 g/mol. The van der Waals surface area contributed by atoms with E-state index in [0.717, 1.165) is 12.2 Å². The van der Waals surface area contributed by atoms with Crippen molar-refractivity contribution in [3.8, 4) is 5.88 Å². The number of hydrogen-bond donors (Lipinski definition) is 0. The van der Waals surface area contributed by atoms with Crippen LogP contribution in [0, 0.1) is 6.92 Å². The molecule has 1 aromatic rings. The Morgan fingerprint density at radius 1 is 1.24 bits per heavy atom. The summed E-state index contributed by atoms with van der Waals surface area (Å²) in [4.78, 5) is 9.77. The molecule has 0 N–H and O–H groups in total. The summed E-state index contributed by atoms with van der Waals surface area (Å²) in [7, 11) is 1.67. The third kappa shape index (κ3) is 2.79. The van der Waals surface area contributed by atoms with Gasteiger partial charge in [0.25, 0.3) is 0 Å². The molecule has 0 radical (unpaired) electrons. The predicted molar refractivity (Wildman–Crippen MR) is 84.6 cm³/mol. The minimum Gasteiger partial charge on any atom is -0.481 e. The van der Waals surface area contributed by atoms with Crippen molar-refractivity contribution in [2.45, 2.75) is 58.3 Å². The van der Waals surface area contributed by atoms with Gasteiger partial charge in [-0.15, -0.1) is 0 Å². The van der Waals surface area contributed by atoms with Gasteiger partial charge in [-0.05, 0) is 39.7 Å². The smallest absolute Gasteiger partial charge is 0.213 e. The highest BCUT2D eigenvalue weighted by atomic mass is 16.5. The normalized spacial score (nSPS) is 26.5. The fourth-order valence-electron chi connectivity index (χ4n) is 3.54. The molecule has 3 rings (SSSR count). The minimum absolute atomic E-state index is 0.292. The highest BCUT2D eigenvalue weighted by Crippen LogP contribution is 2.36. The first-order valence-electron chi connectivity index (χ1n) is 7.90. The van der Waals surface area contributed by atoms with E-state index in [4.69, 9.17) is 4.74 Å². The van der Waals surface area contributed by atoms with Crippen LogP contribution in [0.25, 0.3) is 0 Å². The number of methoxy groups -OCH3 is 1. The van der Waals surface area contributed by atoms with Gasteiger partial charge in [0.15, 0.2) is 0 Å². The third-order valence-corrected chi connectivity index (χ3v) is 5.02. The van der Waals surface area contributed by atoms with E-state index in [1.54, 1.807) is 7.11 Å². The zero-order valence-electron chi connectivity index (χ0n) is 13.9. The summed E-state index contributed by atoms with van der Waals surface area (Å²) < 4.78 is 5.19. The molecule has 4 nitrogen and oxygen atoms in total. The fourth-order valence-corrected chi connectivity index (χ4v) is 3.54. The van der Waals surface area contributed by atoms with E-state index in [1.807, 2.05) is 6.07 Å². The van der Waals surface area contributed by atoms with Crippen LogP contribution in [0.5, 0.6) is 5.88 Å². The molecule has 0 saturated carbocycles. The zero-order valence-corrected chi connectivity index (χ0v) is 13.9. The van der Waals surface area contributed by atoms with Crippen LogP contribution in [-0.4, -0.2) is 52.6 Å². The standard InChI is InChI=1S/C17H27N3O/c1-12-13(6-7-16(18-12)21-5)9-20-14-8-15(20)11-19(10-14)17(2,3)4/h6-7,14-15H,8-11H2,1-5H3. The van der Waals surface area contributed by atoms with Crippen molar-refractivity contribution in [2.24, 2.45) is 0 Å². The van der Waals surface area contributed by atoms with Crippen LogP contribution in [0.4, 0.5) is 0 Å². The molecule has 2 atom stereocenters. The van der Waals surface area contributed by atoms with Crippen LogP contribution in [0.15, 0.2) is 12.1 Å². The molecule has 116 valence electrons. The van der Waals surface area contributed by atoms with Gasteiger partial charge in [-0.25, -0.2) is 4.98 Å². The van der Waals surface area contributed by atoms with E-state index in [0.29, 0.717) is 23.5 Å².